The lowest BCUT2D eigenvalue weighted by Gasteiger charge is -2.09. The zero-order valence-corrected chi connectivity index (χ0v) is 17.3. The molecule has 0 bridgehead atoms. The molecule has 0 aliphatic heterocycles. The molecule has 160 valence electrons. The highest BCUT2D eigenvalue weighted by atomic mass is 16.5. The number of hydrogen-bond donors (Lipinski definition) is 1. The summed E-state index contributed by atoms with van der Waals surface area (Å²) in [7, 11) is 0. The molecule has 7 nitrogen and oxygen atoms in total. The number of benzene rings is 2. The molecule has 0 heterocycles. The Bertz CT molecular complexity index is 864. The number of nitrogens with one attached hydrogen (secondary N) is 1. The summed E-state index contributed by atoms with van der Waals surface area (Å²) in [5.41, 5.74) is 2.47. The maximum absolute atomic E-state index is 12.2. The fraction of sp³-hybridized carbons (Fsp3) is 0.348. The molecule has 0 aromatic heterocycles. The van der Waals surface area contributed by atoms with Crippen molar-refractivity contribution in [3.63, 3.8) is 0 Å². The van der Waals surface area contributed by atoms with Crippen molar-refractivity contribution in [1.29, 1.82) is 0 Å². The summed E-state index contributed by atoms with van der Waals surface area (Å²) < 4.78 is 15.6. The fourth-order valence-electron chi connectivity index (χ4n) is 2.64. The van der Waals surface area contributed by atoms with Gasteiger partial charge in [0.2, 0.25) is 0 Å². The minimum absolute atomic E-state index is 0.225. The molecule has 0 saturated carbocycles. The van der Waals surface area contributed by atoms with Crippen LogP contribution in [0.5, 0.6) is 5.75 Å². The second kappa shape index (κ2) is 12.3. The van der Waals surface area contributed by atoms with Crippen molar-refractivity contribution in [2.75, 3.05) is 19.8 Å². The maximum Gasteiger partial charge on any atom is 0.338 e. The van der Waals surface area contributed by atoms with Gasteiger partial charge in [0, 0.05) is 13.0 Å². The van der Waals surface area contributed by atoms with Crippen molar-refractivity contribution >= 4 is 17.8 Å². The van der Waals surface area contributed by atoms with Gasteiger partial charge in [-0.15, -0.1) is 0 Å². The first kappa shape index (κ1) is 22.9. The molecule has 2 aromatic carbocycles. The topological polar surface area (TPSA) is 90.9 Å². The molecule has 2 aromatic rings. The van der Waals surface area contributed by atoms with Crippen LogP contribution in [0.1, 0.15) is 41.3 Å². The molecule has 0 saturated heterocycles. The van der Waals surface area contributed by atoms with E-state index in [-0.39, 0.29) is 12.4 Å². The first-order valence-corrected chi connectivity index (χ1v) is 9.85. The SMILES string of the molecule is CCOC(=O)CCCNC(=O)COC(=O)c1cccc(OCc2cccc(C)c2)c1. The largest absolute Gasteiger partial charge is 0.489 e. The Balaban J connectivity index is 1.74. The summed E-state index contributed by atoms with van der Waals surface area (Å²) in [6.07, 6.45) is 0.683. The van der Waals surface area contributed by atoms with Crippen LogP contribution >= 0.6 is 0 Å². The Labute approximate surface area is 176 Å². The first-order valence-electron chi connectivity index (χ1n) is 9.85. The van der Waals surface area contributed by atoms with Crippen LogP contribution in [0.25, 0.3) is 0 Å². The third-order valence-corrected chi connectivity index (χ3v) is 4.08. The highest BCUT2D eigenvalue weighted by molar-refractivity contribution is 5.91. The molecule has 0 unspecified atom stereocenters. The van der Waals surface area contributed by atoms with Gasteiger partial charge < -0.3 is 19.5 Å². The van der Waals surface area contributed by atoms with Crippen molar-refractivity contribution in [2.45, 2.75) is 33.3 Å². The molecular weight excluding hydrogens is 386 g/mol. The summed E-state index contributed by atoms with van der Waals surface area (Å²) in [5.74, 6) is -0.811. The Morgan fingerprint density at radius 2 is 1.80 bits per heavy atom. The summed E-state index contributed by atoms with van der Waals surface area (Å²) >= 11 is 0. The lowest BCUT2D eigenvalue weighted by atomic mass is 10.1. The summed E-state index contributed by atoms with van der Waals surface area (Å²) in [6.45, 7) is 4.37. The minimum Gasteiger partial charge on any atom is -0.489 e. The van der Waals surface area contributed by atoms with Crippen LogP contribution in [0.15, 0.2) is 48.5 Å². The molecule has 0 aliphatic rings. The van der Waals surface area contributed by atoms with E-state index in [1.807, 2.05) is 31.2 Å². The monoisotopic (exact) mass is 413 g/mol. The van der Waals surface area contributed by atoms with Gasteiger partial charge in [0.05, 0.1) is 12.2 Å². The van der Waals surface area contributed by atoms with Gasteiger partial charge in [0.25, 0.3) is 5.91 Å². The molecule has 0 aliphatic carbocycles. The number of rotatable bonds is 11. The molecule has 30 heavy (non-hydrogen) atoms. The Morgan fingerprint density at radius 3 is 2.57 bits per heavy atom. The fourth-order valence-corrected chi connectivity index (χ4v) is 2.64. The van der Waals surface area contributed by atoms with Gasteiger partial charge in [-0.2, -0.15) is 0 Å². The molecule has 0 fully saturated rings. The number of ether oxygens (including phenoxy) is 3. The van der Waals surface area contributed by atoms with Gasteiger partial charge in [0.15, 0.2) is 6.61 Å². The van der Waals surface area contributed by atoms with E-state index >= 15 is 0 Å². The highest BCUT2D eigenvalue weighted by Gasteiger charge is 2.11. The zero-order chi connectivity index (χ0) is 21.8. The molecule has 1 amide bonds. The molecular formula is C23H27NO6. The van der Waals surface area contributed by atoms with E-state index in [4.69, 9.17) is 14.2 Å². The standard InChI is InChI=1S/C23H27NO6/c1-3-28-22(26)11-6-12-24-21(25)16-30-23(27)19-9-5-10-20(14-19)29-15-18-8-4-7-17(2)13-18/h4-5,7-10,13-14H,3,6,11-12,15-16H2,1-2H3,(H,24,25). The number of aryl methyl sites for hydroxylation is 1. The van der Waals surface area contributed by atoms with E-state index in [1.165, 1.54) is 0 Å². The number of carbonyl (C=O) groups is 3. The minimum atomic E-state index is -0.613. The van der Waals surface area contributed by atoms with Crippen molar-refractivity contribution in [1.82, 2.24) is 5.32 Å². The van der Waals surface area contributed by atoms with E-state index in [0.717, 1.165) is 11.1 Å². The van der Waals surface area contributed by atoms with Gasteiger partial charge >= 0.3 is 11.9 Å². The summed E-state index contributed by atoms with van der Waals surface area (Å²) in [5, 5.41) is 2.59. The van der Waals surface area contributed by atoms with E-state index in [9.17, 15) is 14.4 Å². The Morgan fingerprint density at radius 1 is 1.00 bits per heavy atom. The average molecular weight is 413 g/mol. The predicted octanol–water partition coefficient (Wildman–Crippen LogP) is 3.19. The predicted molar refractivity (Wildman–Crippen MR) is 111 cm³/mol. The van der Waals surface area contributed by atoms with E-state index in [1.54, 1.807) is 31.2 Å². The van der Waals surface area contributed by atoms with Crippen LogP contribution in [0.4, 0.5) is 0 Å². The van der Waals surface area contributed by atoms with Crippen molar-refractivity contribution in [3.05, 3.63) is 65.2 Å². The van der Waals surface area contributed by atoms with E-state index in [0.29, 0.717) is 37.5 Å². The summed E-state index contributed by atoms with van der Waals surface area (Å²) in [6, 6.07) is 14.6. The average Bonchev–Trinajstić information content (AvgIpc) is 2.74. The van der Waals surface area contributed by atoms with E-state index < -0.39 is 18.5 Å². The van der Waals surface area contributed by atoms with Gasteiger partial charge in [-0.3, -0.25) is 9.59 Å². The van der Waals surface area contributed by atoms with Crippen LogP contribution in [-0.2, 0) is 25.7 Å². The number of amides is 1. The third-order valence-electron chi connectivity index (χ3n) is 4.08. The number of carbonyl (C=O) groups excluding carboxylic acids is 3. The van der Waals surface area contributed by atoms with Crippen LogP contribution in [0.3, 0.4) is 0 Å². The maximum atomic E-state index is 12.2. The van der Waals surface area contributed by atoms with Crippen LogP contribution < -0.4 is 10.1 Å². The van der Waals surface area contributed by atoms with Gasteiger partial charge in [-0.05, 0) is 44.0 Å². The molecule has 0 atom stereocenters. The van der Waals surface area contributed by atoms with Crippen molar-refractivity contribution in [2.24, 2.45) is 0 Å². The van der Waals surface area contributed by atoms with Crippen molar-refractivity contribution < 1.29 is 28.6 Å². The summed E-state index contributed by atoms with van der Waals surface area (Å²) in [4.78, 5) is 35.2. The number of esters is 2. The molecule has 0 spiro atoms. The molecule has 1 N–H and O–H groups in total. The normalized spacial score (nSPS) is 10.2. The smallest absolute Gasteiger partial charge is 0.338 e. The molecule has 2 rings (SSSR count). The second-order valence-corrected chi connectivity index (χ2v) is 6.64. The van der Waals surface area contributed by atoms with Crippen LogP contribution in [0, 0.1) is 6.92 Å². The quantitative estimate of drug-likeness (QED) is 0.449. The van der Waals surface area contributed by atoms with Gasteiger partial charge in [-0.1, -0.05) is 35.9 Å². The van der Waals surface area contributed by atoms with Gasteiger partial charge in [0.1, 0.15) is 12.4 Å². The number of hydrogen-bond acceptors (Lipinski definition) is 6. The van der Waals surface area contributed by atoms with Gasteiger partial charge in [-0.25, -0.2) is 4.79 Å². The lowest BCUT2D eigenvalue weighted by Crippen LogP contribution is -2.30. The second-order valence-electron chi connectivity index (χ2n) is 6.64. The third kappa shape index (κ3) is 8.34. The van der Waals surface area contributed by atoms with Crippen LogP contribution in [0.2, 0.25) is 0 Å². The Hall–Kier alpha value is -3.35. The first-order chi connectivity index (χ1) is 14.5. The van der Waals surface area contributed by atoms with E-state index in [2.05, 4.69) is 5.32 Å². The molecule has 0 radical (unpaired) electrons. The molecule has 7 heteroatoms. The lowest BCUT2D eigenvalue weighted by molar-refractivity contribution is -0.143. The van der Waals surface area contributed by atoms with Crippen molar-refractivity contribution in [3.8, 4) is 5.75 Å². The zero-order valence-electron chi connectivity index (χ0n) is 17.3. The highest BCUT2D eigenvalue weighted by Crippen LogP contribution is 2.16. The van der Waals surface area contributed by atoms with Crippen LogP contribution in [-0.4, -0.2) is 37.6 Å². The Kier molecular flexibility index (Phi) is 9.37.